The van der Waals surface area contributed by atoms with E-state index in [2.05, 4.69) is 21.5 Å². The zero-order valence-electron chi connectivity index (χ0n) is 24.4. The summed E-state index contributed by atoms with van der Waals surface area (Å²) in [4.78, 5) is 41.3. The second kappa shape index (κ2) is 12.0. The Morgan fingerprint density at radius 3 is 2.49 bits per heavy atom. The van der Waals surface area contributed by atoms with Crippen LogP contribution < -0.4 is 5.32 Å². The van der Waals surface area contributed by atoms with Gasteiger partial charge in [-0.3, -0.25) is 14.9 Å². The summed E-state index contributed by atoms with van der Waals surface area (Å²) in [6, 6.07) is 5.63. The van der Waals surface area contributed by atoms with E-state index in [-0.39, 0.29) is 18.4 Å². The van der Waals surface area contributed by atoms with E-state index in [1.165, 1.54) is 17.3 Å². The third-order valence-corrected chi connectivity index (χ3v) is 8.00. The number of rotatable bonds is 8. The van der Waals surface area contributed by atoms with Crippen LogP contribution in [0.5, 0.6) is 0 Å². The van der Waals surface area contributed by atoms with Gasteiger partial charge in [-0.2, -0.15) is 10.4 Å². The fraction of sp³-hybridized carbons (Fsp3) is 0.655. The number of carbonyl (C=O) groups excluding carboxylic acids is 3. The van der Waals surface area contributed by atoms with Crippen molar-refractivity contribution in [3.8, 4) is 6.07 Å². The minimum atomic E-state index is -1.32. The lowest BCUT2D eigenvalue weighted by Crippen LogP contribution is -2.37. The second-order valence-electron chi connectivity index (χ2n) is 12.4. The van der Waals surface area contributed by atoms with Crippen LogP contribution in [-0.2, 0) is 34.1 Å². The highest BCUT2D eigenvalue weighted by molar-refractivity contribution is 5.88. The van der Waals surface area contributed by atoms with E-state index in [1.807, 2.05) is 13.8 Å². The first-order valence-corrected chi connectivity index (χ1v) is 14.1. The first-order chi connectivity index (χ1) is 19.4. The molecule has 2 aliphatic rings. The first-order valence-electron chi connectivity index (χ1n) is 14.1. The van der Waals surface area contributed by atoms with Gasteiger partial charge in [-0.05, 0) is 78.4 Å². The first kappa shape index (κ1) is 30.2. The summed E-state index contributed by atoms with van der Waals surface area (Å²) in [6.07, 6.45) is 6.35. The molecule has 2 atom stereocenters. The van der Waals surface area contributed by atoms with Crippen LogP contribution in [0.25, 0.3) is 5.52 Å². The van der Waals surface area contributed by atoms with Crippen molar-refractivity contribution in [3.63, 3.8) is 0 Å². The molecule has 222 valence electrons. The second-order valence-corrected chi connectivity index (χ2v) is 12.4. The Kier molecular flexibility index (Phi) is 8.87. The number of anilines is 1. The number of nitrogens with one attached hydrogen (secondary N) is 1. The predicted octanol–water partition coefficient (Wildman–Crippen LogP) is 4.87. The van der Waals surface area contributed by atoms with E-state index in [0.29, 0.717) is 30.0 Å². The quantitative estimate of drug-likeness (QED) is 0.344. The molecule has 1 saturated carbocycles. The van der Waals surface area contributed by atoms with Gasteiger partial charge in [0.15, 0.2) is 11.4 Å². The molecule has 12 nitrogen and oxygen atoms in total. The minimum absolute atomic E-state index is 0.0646. The lowest BCUT2D eigenvalue weighted by Gasteiger charge is -2.35. The van der Waals surface area contributed by atoms with E-state index >= 15 is 0 Å². The third kappa shape index (κ3) is 6.62. The maximum atomic E-state index is 13.0. The summed E-state index contributed by atoms with van der Waals surface area (Å²) in [7, 11) is 0. The zero-order valence-corrected chi connectivity index (χ0v) is 24.4. The van der Waals surface area contributed by atoms with Crippen molar-refractivity contribution in [2.45, 2.75) is 91.3 Å². The number of ether oxygens (including phenoxy) is 4. The number of nitrogens with zero attached hydrogens (tertiary/aromatic N) is 4. The fourth-order valence-corrected chi connectivity index (χ4v) is 5.38. The van der Waals surface area contributed by atoms with Crippen LogP contribution in [-0.4, -0.2) is 52.1 Å². The van der Waals surface area contributed by atoms with Crippen LogP contribution in [0.3, 0.4) is 0 Å². The monoisotopic (exact) mass is 569 g/mol. The highest BCUT2D eigenvalue weighted by atomic mass is 16.7. The van der Waals surface area contributed by atoms with Crippen LogP contribution in [0.15, 0.2) is 18.5 Å². The van der Waals surface area contributed by atoms with Gasteiger partial charge in [0.1, 0.15) is 24.5 Å². The van der Waals surface area contributed by atoms with Crippen LogP contribution in [0.4, 0.5) is 10.6 Å². The molecule has 2 aromatic heterocycles. The molecule has 1 aliphatic carbocycles. The van der Waals surface area contributed by atoms with E-state index in [1.54, 1.807) is 32.9 Å². The normalized spacial score (nSPS) is 21.7. The fourth-order valence-electron chi connectivity index (χ4n) is 5.38. The van der Waals surface area contributed by atoms with E-state index in [4.69, 9.17) is 18.9 Å². The van der Waals surface area contributed by atoms with Crippen molar-refractivity contribution >= 4 is 29.4 Å². The molecule has 1 saturated heterocycles. The third-order valence-electron chi connectivity index (χ3n) is 8.00. The van der Waals surface area contributed by atoms with Crippen molar-refractivity contribution < 1.29 is 33.3 Å². The van der Waals surface area contributed by atoms with Gasteiger partial charge in [0.2, 0.25) is 6.79 Å². The molecule has 0 spiro atoms. The van der Waals surface area contributed by atoms with Gasteiger partial charge in [0.25, 0.3) is 0 Å². The van der Waals surface area contributed by atoms with Gasteiger partial charge in [-0.1, -0.05) is 19.3 Å². The van der Waals surface area contributed by atoms with Crippen LogP contribution >= 0.6 is 0 Å². The lowest BCUT2D eigenvalue weighted by molar-refractivity contribution is -0.163. The Bertz CT molecular complexity index is 1320. The van der Waals surface area contributed by atoms with Crippen molar-refractivity contribution in [3.05, 3.63) is 24.2 Å². The van der Waals surface area contributed by atoms with E-state index < -0.39 is 41.4 Å². The molecule has 1 N–H and O–H groups in total. The van der Waals surface area contributed by atoms with E-state index in [9.17, 15) is 19.6 Å². The van der Waals surface area contributed by atoms with E-state index in [0.717, 1.165) is 25.7 Å². The van der Waals surface area contributed by atoms with Gasteiger partial charge >= 0.3 is 18.0 Å². The molecule has 0 bridgehead atoms. The average Bonchev–Trinajstić information content (AvgIpc) is 3.57. The highest BCUT2D eigenvalue weighted by Crippen LogP contribution is 2.42. The largest absolute Gasteiger partial charge is 0.463 e. The predicted molar refractivity (Wildman–Crippen MR) is 146 cm³/mol. The van der Waals surface area contributed by atoms with Gasteiger partial charge in [0.05, 0.1) is 22.6 Å². The van der Waals surface area contributed by atoms with Crippen molar-refractivity contribution in [1.29, 1.82) is 5.26 Å². The summed E-state index contributed by atoms with van der Waals surface area (Å²) in [5.41, 5.74) is -1.75. The molecule has 12 heteroatoms. The number of carbonyl (C=O) groups is 3. The molecule has 1 aliphatic heterocycles. The number of hydrogen-bond acceptors (Lipinski definition) is 10. The Labute approximate surface area is 239 Å². The number of amides is 1. The topological polar surface area (TPSA) is 154 Å². The maximum Gasteiger partial charge on any atom is 0.415 e. The Balaban J connectivity index is 1.39. The van der Waals surface area contributed by atoms with Gasteiger partial charge in [-0.15, -0.1) is 0 Å². The molecule has 0 unspecified atom stereocenters. The van der Waals surface area contributed by atoms with Crippen molar-refractivity contribution in [1.82, 2.24) is 14.6 Å². The molecule has 2 aromatic rings. The Hall–Kier alpha value is -3.72. The molecule has 1 amide bonds. The molecular weight excluding hydrogens is 530 g/mol. The number of nitriles is 1. The minimum Gasteiger partial charge on any atom is -0.463 e. The SMILES string of the molecule is CC(C)(C)C(=O)OCOC(=O)Nc1ncnn2c([C@@]3(C#N)CC[C@@H](COC(=O)C(C)(C)C4CCCCC4)O3)ccc12. The summed E-state index contributed by atoms with van der Waals surface area (Å²) in [5, 5.41) is 17.0. The standard InChI is InChI=1S/C29H39N5O7/c1-27(2,3)24(35)39-18-40-26(37)33-23-21-11-12-22(34(21)32-17-31-23)29(16-30)14-13-20(41-29)15-38-25(36)28(4,5)19-9-7-6-8-10-19/h11-12,17,19-20H,6-10,13-15,18H2,1-5H3,(H,31,32,33,37)/t20-,29-/m0/s1. The number of esters is 2. The molecule has 4 rings (SSSR count). The van der Waals surface area contributed by atoms with Gasteiger partial charge in [-0.25, -0.2) is 14.3 Å². The summed E-state index contributed by atoms with van der Waals surface area (Å²) >= 11 is 0. The number of hydrogen-bond donors (Lipinski definition) is 1. The summed E-state index contributed by atoms with van der Waals surface area (Å²) in [5.74, 6) is -0.304. The van der Waals surface area contributed by atoms with Crippen LogP contribution in [0.1, 0.15) is 85.3 Å². The summed E-state index contributed by atoms with van der Waals surface area (Å²) in [6.45, 7) is 8.48. The molecule has 2 fully saturated rings. The number of fused-ring (bicyclic) bond motifs is 1. The van der Waals surface area contributed by atoms with Crippen molar-refractivity contribution in [2.24, 2.45) is 16.7 Å². The lowest BCUT2D eigenvalue weighted by atomic mass is 9.71. The Morgan fingerprint density at radius 1 is 1.07 bits per heavy atom. The smallest absolute Gasteiger partial charge is 0.415 e. The summed E-state index contributed by atoms with van der Waals surface area (Å²) < 4.78 is 23.3. The molecule has 0 radical (unpaired) electrons. The van der Waals surface area contributed by atoms with Crippen LogP contribution in [0.2, 0.25) is 0 Å². The van der Waals surface area contributed by atoms with Gasteiger partial charge < -0.3 is 18.9 Å². The highest BCUT2D eigenvalue weighted by Gasteiger charge is 2.46. The molecule has 0 aromatic carbocycles. The van der Waals surface area contributed by atoms with Crippen LogP contribution in [0, 0.1) is 28.1 Å². The van der Waals surface area contributed by atoms with Crippen molar-refractivity contribution in [2.75, 3.05) is 18.7 Å². The number of aromatic nitrogens is 3. The molecule has 3 heterocycles. The molecular formula is C29H39N5O7. The Morgan fingerprint density at radius 2 is 1.80 bits per heavy atom. The van der Waals surface area contributed by atoms with Gasteiger partial charge in [0, 0.05) is 0 Å². The zero-order chi connectivity index (χ0) is 29.8. The molecule has 41 heavy (non-hydrogen) atoms. The average molecular weight is 570 g/mol. The maximum absolute atomic E-state index is 13.0.